The lowest BCUT2D eigenvalue weighted by Gasteiger charge is -2.15. The van der Waals surface area contributed by atoms with E-state index in [1.165, 1.54) is 0 Å². The Bertz CT molecular complexity index is 375. The van der Waals surface area contributed by atoms with Crippen LogP contribution in [0.25, 0.3) is 0 Å². The summed E-state index contributed by atoms with van der Waals surface area (Å²) in [4.78, 5) is 13.8. The van der Waals surface area contributed by atoms with Crippen LogP contribution >= 0.6 is 0 Å². The molecule has 92 valence electrons. The minimum absolute atomic E-state index is 0.124. The molecule has 17 heavy (non-hydrogen) atoms. The Morgan fingerprint density at radius 1 is 1.76 bits per heavy atom. The number of H-pyrrole nitrogens is 1. The number of rotatable bonds is 5. The molecule has 1 amide bonds. The summed E-state index contributed by atoms with van der Waals surface area (Å²) in [5.41, 5.74) is 0.852. The van der Waals surface area contributed by atoms with Crippen LogP contribution in [0.4, 0.5) is 0 Å². The third kappa shape index (κ3) is 3.17. The summed E-state index contributed by atoms with van der Waals surface area (Å²) < 4.78 is 5.54. The first-order valence-electron chi connectivity index (χ1n) is 5.78. The quantitative estimate of drug-likeness (QED) is 0.766. The van der Waals surface area contributed by atoms with E-state index in [2.05, 4.69) is 16.8 Å². The fourth-order valence-electron chi connectivity index (χ4n) is 1.95. The molecule has 0 radical (unpaired) electrons. The van der Waals surface area contributed by atoms with E-state index in [0.29, 0.717) is 19.6 Å². The zero-order valence-corrected chi connectivity index (χ0v) is 9.76. The van der Waals surface area contributed by atoms with E-state index in [1.807, 2.05) is 11.0 Å². The second-order valence-corrected chi connectivity index (χ2v) is 4.13. The molecule has 1 aromatic rings. The van der Waals surface area contributed by atoms with Gasteiger partial charge in [0, 0.05) is 25.0 Å². The van der Waals surface area contributed by atoms with Gasteiger partial charge in [-0.2, -0.15) is 5.10 Å². The molecule has 0 bridgehead atoms. The van der Waals surface area contributed by atoms with Gasteiger partial charge in [0.15, 0.2) is 0 Å². The summed E-state index contributed by atoms with van der Waals surface area (Å²) >= 11 is 0. The molecule has 5 heteroatoms. The molecular weight excluding hydrogens is 218 g/mol. The van der Waals surface area contributed by atoms with Crippen LogP contribution in [0.1, 0.15) is 12.1 Å². The maximum atomic E-state index is 11.9. The summed E-state index contributed by atoms with van der Waals surface area (Å²) in [6.45, 7) is 5.61. The predicted octanol–water partition coefficient (Wildman–Crippen LogP) is 0.756. The number of hydrogen-bond acceptors (Lipinski definition) is 3. The van der Waals surface area contributed by atoms with Crippen molar-refractivity contribution < 1.29 is 9.53 Å². The Kier molecular flexibility index (Phi) is 3.93. The van der Waals surface area contributed by atoms with Crippen molar-refractivity contribution in [1.82, 2.24) is 15.1 Å². The Morgan fingerprint density at radius 2 is 2.65 bits per heavy atom. The molecule has 2 rings (SSSR count). The number of carbonyl (C=O) groups is 1. The molecule has 1 saturated heterocycles. The van der Waals surface area contributed by atoms with Crippen LogP contribution < -0.4 is 0 Å². The van der Waals surface area contributed by atoms with E-state index in [9.17, 15) is 4.79 Å². The van der Waals surface area contributed by atoms with Crippen LogP contribution in [0.3, 0.4) is 0 Å². The highest BCUT2D eigenvalue weighted by atomic mass is 16.5. The highest BCUT2D eigenvalue weighted by Crippen LogP contribution is 2.14. The summed E-state index contributed by atoms with van der Waals surface area (Å²) in [7, 11) is 0. The maximum Gasteiger partial charge on any atom is 0.228 e. The molecule has 1 aliphatic rings. The number of nitrogens with one attached hydrogen (secondary N) is 1. The first-order valence-corrected chi connectivity index (χ1v) is 5.78. The second kappa shape index (κ2) is 5.63. The van der Waals surface area contributed by atoms with Crippen LogP contribution in [0.5, 0.6) is 0 Å². The van der Waals surface area contributed by atoms with E-state index >= 15 is 0 Å². The summed E-state index contributed by atoms with van der Waals surface area (Å²) in [5, 5.41) is 6.62. The highest BCUT2D eigenvalue weighted by molar-refractivity contribution is 5.78. The summed E-state index contributed by atoms with van der Waals surface area (Å²) in [6.07, 6.45) is 4.83. The molecule has 1 atom stereocenters. The lowest BCUT2D eigenvalue weighted by molar-refractivity contribution is -0.129. The van der Waals surface area contributed by atoms with Gasteiger partial charge in [-0.25, -0.2) is 0 Å². The predicted molar refractivity (Wildman–Crippen MR) is 63.4 cm³/mol. The standard InChI is InChI=1S/C12H17N3O2/c1-2-7-17-11-4-6-15(9-11)12(16)8-10-3-5-13-14-10/h2-3,5,11H,1,4,6-9H2,(H,13,14)/t11-/m1/s1. The smallest absolute Gasteiger partial charge is 0.228 e. The Hall–Kier alpha value is -1.62. The summed E-state index contributed by atoms with van der Waals surface area (Å²) in [6, 6.07) is 1.82. The van der Waals surface area contributed by atoms with Crippen molar-refractivity contribution >= 4 is 5.91 Å². The van der Waals surface area contributed by atoms with E-state index in [-0.39, 0.29) is 12.0 Å². The average molecular weight is 235 g/mol. The van der Waals surface area contributed by atoms with Gasteiger partial charge < -0.3 is 9.64 Å². The third-order valence-corrected chi connectivity index (χ3v) is 2.85. The molecule has 5 nitrogen and oxygen atoms in total. The number of amides is 1. The molecule has 0 unspecified atom stereocenters. The number of aromatic amines is 1. The molecule has 1 aliphatic heterocycles. The number of aromatic nitrogens is 2. The molecule has 0 aromatic carbocycles. The normalized spacial score (nSPS) is 19.5. The van der Waals surface area contributed by atoms with Crippen LogP contribution in [-0.4, -0.2) is 46.8 Å². The van der Waals surface area contributed by atoms with Gasteiger partial charge in [-0.05, 0) is 12.5 Å². The third-order valence-electron chi connectivity index (χ3n) is 2.85. The van der Waals surface area contributed by atoms with E-state index in [0.717, 1.165) is 18.7 Å². The molecule has 2 heterocycles. The molecule has 1 N–H and O–H groups in total. The fraction of sp³-hybridized carbons (Fsp3) is 0.500. The van der Waals surface area contributed by atoms with Gasteiger partial charge in [-0.1, -0.05) is 6.08 Å². The fourth-order valence-corrected chi connectivity index (χ4v) is 1.95. The Morgan fingerprint density at radius 3 is 3.35 bits per heavy atom. The van der Waals surface area contributed by atoms with Crippen molar-refractivity contribution in [2.24, 2.45) is 0 Å². The zero-order valence-electron chi connectivity index (χ0n) is 9.76. The number of hydrogen-bond donors (Lipinski definition) is 1. The van der Waals surface area contributed by atoms with Crippen molar-refractivity contribution in [3.8, 4) is 0 Å². The largest absolute Gasteiger partial charge is 0.372 e. The molecule has 0 saturated carbocycles. The van der Waals surface area contributed by atoms with Crippen LogP contribution in [0.2, 0.25) is 0 Å². The lowest BCUT2D eigenvalue weighted by atomic mass is 10.3. The van der Waals surface area contributed by atoms with Crippen molar-refractivity contribution in [3.05, 3.63) is 30.6 Å². The topological polar surface area (TPSA) is 58.2 Å². The minimum Gasteiger partial charge on any atom is -0.372 e. The van der Waals surface area contributed by atoms with E-state index < -0.39 is 0 Å². The number of likely N-dealkylation sites (tertiary alicyclic amines) is 1. The van der Waals surface area contributed by atoms with Gasteiger partial charge in [0.25, 0.3) is 0 Å². The maximum absolute atomic E-state index is 11.9. The average Bonchev–Trinajstić information content (AvgIpc) is 2.96. The van der Waals surface area contributed by atoms with Crippen LogP contribution in [0.15, 0.2) is 24.9 Å². The van der Waals surface area contributed by atoms with Gasteiger partial charge in [-0.3, -0.25) is 9.89 Å². The molecule has 0 aliphatic carbocycles. The van der Waals surface area contributed by atoms with Crippen LogP contribution in [-0.2, 0) is 16.0 Å². The molecular formula is C12H17N3O2. The zero-order chi connectivity index (χ0) is 12.1. The van der Waals surface area contributed by atoms with E-state index in [1.54, 1.807) is 12.3 Å². The number of nitrogens with zero attached hydrogens (tertiary/aromatic N) is 2. The minimum atomic E-state index is 0.124. The SMILES string of the molecule is C=CCO[C@@H]1CCN(C(=O)Cc2ccn[nH]2)C1. The van der Waals surface area contributed by atoms with Gasteiger partial charge in [0.05, 0.1) is 19.1 Å². The monoisotopic (exact) mass is 235 g/mol. The van der Waals surface area contributed by atoms with Crippen molar-refractivity contribution in [1.29, 1.82) is 0 Å². The van der Waals surface area contributed by atoms with Gasteiger partial charge >= 0.3 is 0 Å². The Labute approximate surface area is 100 Å². The van der Waals surface area contributed by atoms with Gasteiger partial charge in [-0.15, -0.1) is 6.58 Å². The first-order chi connectivity index (χ1) is 8.29. The van der Waals surface area contributed by atoms with Crippen molar-refractivity contribution in [3.63, 3.8) is 0 Å². The molecule has 1 aromatic heterocycles. The van der Waals surface area contributed by atoms with Crippen molar-refractivity contribution in [2.45, 2.75) is 18.9 Å². The Balaban J connectivity index is 1.79. The van der Waals surface area contributed by atoms with Crippen molar-refractivity contribution in [2.75, 3.05) is 19.7 Å². The van der Waals surface area contributed by atoms with Gasteiger partial charge in [0.1, 0.15) is 0 Å². The van der Waals surface area contributed by atoms with Gasteiger partial charge in [0.2, 0.25) is 5.91 Å². The number of ether oxygens (including phenoxy) is 1. The second-order valence-electron chi connectivity index (χ2n) is 4.13. The highest BCUT2D eigenvalue weighted by Gasteiger charge is 2.26. The first kappa shape index (κ1) is 11.9. The molecule has 0 spiro atoms. The summed E-state index contributed by atoms with van der Waals surface area (Å²) in [5.74, 6) is 0.124. The van der Waals surface area contributed by atoms with Crippen LogP contribution in [0, 0.1) is 0 Å². The molecule has 1 fully saturated rings. The van der Waals surface area contributed by atoms with E-state index in [4.69, 9.17) is 4.74 Å². The number of carbonyl (C=O) groups excluding carboxylic acids is 1. The lowest BCUT2D eigenvalue weighted by Crippen LogP contribution is -2.31.